The summed E-state index contributed by atoms with van der Waals surface area (Å²) in [5.74, 6) is 0.964. The van der Waals surface area contributed by atoms with E-state index in [1.807, 2.05) is 0 Å². The fraction of sp³-hybridized carbons (Fsp3) is 0.231. The lowest BCUT2D eigenvalue weighted by Crippen LogP contribution is -2.01. The summed E-state index contributed by atoms with van der Waals surface area (Å²) < 4.78 is 11.3. The Morgan fingerprint density at radius 1 is 1.00 bits per heavy atom. The average Bonchev–Trinajstić information content (AvgIpc) is 2.76. The molecule has 2 rings (SSSR count). The Morgan fingerprint density at radius 3 is 2.10 bits per heavy atom. The van der Waals surface area contributed by atoms with Gasteiger partial charge in [0.25, 0.3) is 0 Å². The third-order valence-corrected chi connectivity index (χ3v) is 4.62. The first-order valence-corrected chi connectivity index (χ1v) is 7.47. The van der Waals surface area contributed by atoms with E-state index in [1.165, 1.54) is 25.6 Å². The second kappa shape index (κ2) is 6.41. The fourth-order valence-electron chi connectivity index (χ4n) is 1.79. The number of thiophene rings is 1. The lowest BCUT2D eigenvalue weighted by molar-refractivity contribution is 0.220. The number of aliphatic hydroxyl groups excluding tert-OH is 1. The minimum absolute atomic E-state index is 0.355. The minimum Gasteiger partial charge on any atom is -0.493 e. The molecule has 1 heterocycles. The highest BCUT2D eigenvalue weighted by Gasteiger charge is 2.21. The zero-order chi connectivity index (χ0) is 14.9. The molecule has 0 saturated carbocycles. The van der Waals surface area contributed by atoms with Crippen molar-refractivity contribution in [1.29, 1.82) is 0 Å². The van der Waals surface area contributed by atoms with E-state index >= 15 is 0 Å². The average molecular weight is 354 g/mol. The number of halogens is 3. The van der Waals surface area contributed by atoms with Gasteiger partial charge in [-0.05, 0) is 12.1 Å². The standard InChI is InChI=1S/C13H11Cl3O3S/c1-18-9-3-6(8(14)5-10(9)19-2)12(17)7-4-11(15)20-13(7)16/h3-5,12,17H,1-2H3. The monoisotopic (exact) mass is 352 g/mol. The summed E-state index contributed by atoms with van der Waals surface area (Å²) >= 11 is 19.3. The van der Waals surface area contributed by atoms with Gasteiger partial charge in [-0.3, -0.25) is 0 Å². The maximum Gasteiger partial charge on any atom is 0.162 e. The molecule has 7 heteroatoms. The highest BCUT2D eigenvalue weighted by atomic mass is 35.5. The number of methoxy groups -OCH3 is 2. The molecule has 1 N–H and O–H groups in total. The van der Waals surface area contributed by atoms with Gasteiger partial charge in [-0.15, -0.1) is 11.3 Å². The largest absolute Gasteiger partial charge is 0.493 e. The zero-order valence-corrected chi connectivity index (χ0v) is 13.7. The van der Waals surface area contributed by atoms with Crippen LogP contribution in [0.25, 0.3) is 0 Å². The van der Waals surface area contributed by atoms with Crippen LogP contribution in [0.5, 0.6) is 11.5 Å². The van der Waals surface area contributed by atoms with Crippen LogP contribution in [0.2, 0.25) is 13.7 Å². The Labute approximate surface area is 135 Å². The van der Waals surface area contributed by atoms with E-state index in [1.54, 1.807) is 18.2 Å². The predicted molar refractivity (Wildman–Crippen MR) is 83.0 cm³/mol. The molecule has 0 bridgehead atoms. The molecule has 1 aromatic heterocycles. The zero-order valence-electron chi connectivity index (χ0n) is 10.6. The van der Waals surface area contributed by atoms with Crippen LogP contribution in [0, 0.1) is 0 Å². The van der Waals surface area contributed by atoms with E-state index in [0.717, 1.165) is 0 Å². The van der Waals surface area contributed by atoms with Gasteiger partial charge < -0.3 is 14.6 Å². The molecule has 0 saturated heterocycles. The molecule has 0 radical (unpaired) electrons. The van der Waals surface area contributed by atoms with Gasteiger partial charge in [-0.25, -0.2) is 0 Å². The molecule has 0 aliphatic heterocycles. The Kier molecular flexibility index (Phi) is 5.04. The molecule has 1 atom stereocenters. The van der Waals surface area contributed by atoms with Crippen molar-refractivity contribution in [3.05, 3.63) is 43.0 Å². The van der Waals surface area contributed by atoms with Crippen molar-refractivity contribution >= 4 is 46.1 Å². The van der Waals surface area contributed by atoms with Crippen LogP contribution in [0.1, 0.15) is 17.2 Å². The quantitative estimate of drug-likeness (QED) is 0.857. The number of hydrogen-bond acceptors (Lipinski definition) is 4. The molecule has 0 aliphatic rings. The van der Waals surface area contributed by atoms with Crippen molar-refractivity contribution in [1.82, 2.24) is 0 Å². The van der Waals surface area contributed by atoms with Crippen molar-refractivity contribution in [2.24, 2.45) is 0 Å². The summed E-state index contributed by atoms with van der Waals surface area (Å²) in [6.45, 7) is 0. The lowest BCUT2D eigenvalue weighted by Gasteiger charge is -2.15. The van der Waals surface area contributed by atoms with Crippen LogP contribution in [0.3, 0.4) is 0 Å². The van der Waals surface area contributed by atoms with Gasteiger partial charge in [0.2, 0.25) is 0 Å². The molecule has 0 amide bonds. The van der Waals surface area contributed by atoms with Gasteiger partial charge in [0.15, 0.2) is 11.5 Å². The van der Waals surface area contributed by atoms with Gasteiger partial charge in [-0.1, -0.05) is 34.8 Å². The Balaban J connectivity index is 2.49. The van der Waals surface area contributed by atoms with Gasteiger partial charge in [-0.2, -0.15) is 0 Å². The number of benzene rings is 1. The first-order valence-electron chi connectivity index (χ1n) is 5.52. The van der Waals surface area contributed by atoms with Crippen molar-refractivity contribution in [3.63, 3.8) is 0 Å². The van der Waals surface area contributed by atoms with Crippen molar-refractivity contribution < 1.29 is 14.6 Å². The maximum atomic E-state index is 10.4. The molecule has 108 valence electrons. The van der Waals surface area contributed by atoms with E-state index < -0.39 is 6.10 Å². The molecule has 0 spiro atoms. The summed E-state index contributed by atoms with van der Waals surface area (Å²) in [7, 11) is 3.02. The van der Waals surface area contributed by atoms with Gasteiger partial charge >= 0.3 is 0 Å². The second-order valence-corrected chi connectivity index (χ2v) is 6.60. The van der Waals surface area contributed by atoms with Crippen LogP contribution in [-0.4, -0.2) is 19.3 Å². The van der Waals surface area contributed by atoms with E-state index in [2.05, 4.69) is 0 Å². The van der Waals surface area contributed by atoms with Crippen molar-refractivity contribution in [3.8, 4) is 11.5 Å². The van der Waals surface area contributed by atoms with Crippen LogP contribution >= 0.6 is 46.1 Å². The Morgan fingerprint density at radius 2 is 1.60 bits per heavy atom. The van der Waals surface area contributed by atoms with Gasteiger partial charge in [0, 0.05) is 17.2 Å². The Hall–Kier alpha value is -0.650. The van der Waals surface area contributed by atoms with Crippen LogP contribution < -0.4 is 9.47 Å². The van der Waals surface area contributed by atoms with Crippen LogP contribution in [0.15, 0.2) is 18.2 Å². The highest BCUT2D eigenvalue weighted by Crippen LogP contribution is 2.42. The first-order chi connectivity index (χ1) is 9.47. The number of hydrogen-bond donors (Lipinski definition) is 1. The Bertz CT molecular complexity index is 628. The normalized spacial score (nSPS) is 12.3. The molecular weight excluding hydrogens is 343 g/mol. The molecule has 2 aromatic rings. The molecule has 1 unspecified atom stereocenters. The number of ether oxygens (including phenoxy) is 2. The van der Waals surface area contributed by atoms with Gasteiger partial charge in [0.05, 0.1) is 23.6 Å². The minimum atomic E-state index is -0.987. The molecule has 0 fully saturated rings. The summed E-state index contributed by atoms with van der Waals surface area (Å²) in [5.41, 5.74) is 0.983. The predicted octanol–water partition coefficient (Wildman–Crippen LogP) is 4.81. The second-order valence-electron chi connectivity index (χ2n) is 3.91. The van der Waals surface area contributed by atoms with Crippen molar-refractivity contribution in [2.75, 3.05) is 14.2 Å². The summed E-state index contributed by atoms with van der Waals surface area (Å²) in [6.07, 6.45) is -0.987. The molecular formula is C13H11Cl3O3S. The smallest absolute Gasteiger partial charge is 0.162 e. The SMILES string of the molecule is COc1cc(Cl)c(C(O)c2cc(Cl)sc2Cl)cc1OC. The van der Waals surface area contributed by atoms with E-state index in [0.29, 0.717) is 36.3 Å². The first kappa shape index (κ1) is 15.7. The van der Waals surface area contributed by atoms with E-state index in [-0.39, 0.29) is 0 Å². The van der Waals surface area contributed by atoms with E-state index in [4.69, 9.17) is 44.3 Å². The summed E-state index contributed by atoms with van der Waals surface area (Å²) in [6, 6.07) is 4.82. The third kappa shape index (κ3) is 3.00. The topological polar surface area (TPSA) is 38.7 Å². The maximum absolute atomic E-state index is 10.4. The third-order valence-electron chi connectivity index (χ3n) is 2.78. The van der Waals surface area contributed by atoms with Crippen LogP contribution in [0.4, 0.5) is 0 Å². The van der Waals surface area contributed by atoms with Crippen molar-refractivity contribution in [2.45, 2.75) is 6.10 Å². The molecule has 20 heavy (non-hydrogen) atoms. The molecule has 3 nitrogen and oxygen atoms in total. The van der Waals surface area contributed by atoms with Crippen LogP contribution in [-0.2, 0) is 0 Å². The summed E-state index contributed by atoms with van der Waals surface area (Å²) in [4.78, 5) is 0. The number of rotatable bonds is 4. The highest BCUT2D eigenvalue weighted by molar-refractivity contribution is 7.20. The summed E-state index contributed by atoms with van der Waals surface area (Å²) in [5, 5.41) is 10.8. The molecule has 0 aliphatic carbocycles. The lowest BCUT2D eigenvalue weighted by atomic mass is 10.0. The molecule has 1 aromatic carbocycles. The fourth-order valence-corrected chi connectivity index (χ4v) is 3.56. The van der Waals surface area contributed by atoms with Gasteiger partial charge in [0.1, 0.15) is 10.4 Å². The number of aliphatic hydroxyl groups is 1. The van der Waals surface area contributed by atoms with E-state index in [9.17, 15) is 5.11 Å².